The number of epoxide rings is 1. The summed E-state index contributed by atoms with van der Waals surface area (Å²) >= 11 is 1.83. The van der Waals surface area contributed by atoms with E-state index in [-0.39, 0.29) is 18.3 Å². The minimum atomic E-state index is 0.0191. The van der Waals surface area contributed by atoms with Crippen LogP contribution in [0.2, 0.25) is 0 Å². The van der Waals surface area contributed by atoms with Gasteiger partial charge in [0.25, 0.3) is 0 Å². The molecular formula is C32H40O4S. The largest absolute Gasteiger partial charge is 0.491 e. The minimum absolute atomic E-state index is 0.0191. The predicted molar refractivity (Wildman–Crippen MR) is 152 cm³/mol. The molecule has 1 fully saturated rings. The van der Waals surface area contributed by atoms with Crippen molar-refractivity contribution in [3.63, 3.8) is 0 Å². The van der Waals surface area contributed by atoms with Gasteiger partial charge >= 0.3 is 0 Å². The Morgan fingerprint density at radius 2 is 1.51 bits per heavy atom. The van der Waals surface area contributed by atoms with Gasteiger partial charge in [0.15, 0.2) is 0 Å². The number of hydrogen-bond acceptors (Lipinski definition) is 5. The topological polar surface area (TPSA) is 40.2 Å². The summed E-state index contributed by atoms with van der Waals surface area (Å²) < 4.78 is 23.2. The standard InChI is InChI=1S/C32H40O4S/c1-23(2)27-12-16-29(17-13-27)34-21-31(36-24(3)4)22-37-32-7-5-6-26(18-32)9-8-25-10-14-28(15-11-25)33-19-30-20-35-30/h5-7,10-18,23-24,30-31H,8-9,19-22H2,1-4H3. The SMILES string of the molecule is CC(C)OC(COc1ccc(C(C)C)cc1)CSc1cccc(CCc2ccc(OCC3CO3)cc2)c1. The third-order valence-electron chi connectivity index (χ3n) is 6.25. The van der Waals surface area contributed by atoms with Crippen molar-refractivity contribution in [2.75, 3.05) is 25.6 Å². The fourth-order valence-corrected chi connectivity index (χ4v) is 4.99. The summed E-state index contributed by atoms with van der Waals surface area (Å²) in [5, 5.41) is 0. The molecule has 1 heterocycles. The van der Waals surface area contributed by atoms with Crippen molar-refractivity contribution in [2.45, 2.75) is 69.7 Å². The molecule has 1 aliphatic heterocycles. The molecule has 0 N–H and O–H groups in total. The summed E-state index contributed by atoms with van der Waals surface area (Å²) in [6.07, 6.45) is 2.47. The highest BCUT2D eigenvalue weighted by atomic mass is 32.2. The van der Waals surface area contributed by atoms with E-state index in [0.717, 1.165) is 36.7 Å². The molecule has 4 rings (SSSR count). The first-order valence-electron chi connectivity index (χ1n) is 13.4. The van der Waals surface area contributed by atoms with E-state index in [1.807, 2.05) is 11.8 Å². The monoisotopic (exact) mass is 520 g/mol. The summed E-state index contributed by atoms with van der Waals surface area (Å²) in [5.41, 5.74) is 3.99. The first-order chi connectivity index (χ1) is 17.9. The van der Waals surface area contributed by atoms with Crippen LogP contribution >= 0.6 is 11.8 Å². The zero-order chi connectivity index (χ0) is 26.0. The molecule has 0 radical (unpaired) electrons. The molecule has 0 aromatic heterocycles. The Kier molecular flexibility index (Phi) is 10.4. The van der Waals surface area contributed by atoms with Gasteiger partial charge in [-0.3, -0.25) is 0 Å². The summed E-state index contributed by atoms with van der Waals surface area (Å²) in [6.45, 7) is 10.6. The van der Waals surface area contributed by atoms with Crippen LogP contribution in [0.4, 0.5) is 0 Å². The van der Waals surface area contributed by atoms with E-state index in [2.05, 4.69) is 100 Å². The molecule has 4 nitrogen and oxygen atoms in total. The van der Waals surface area contributed by atoms with Crippen molar-refractivity contribution in [3.05, 3.63) is 89.5 Å². The number of ether oxygens (including phenoxy) is 4. The average Bonchev–Trinajstić information content (AvgIpc) is 3.73. The number of hydrogen-bond donors (Lipinski definition) is 0. The van der Waals surface area contributed by atoms with Gasteiger partial charge in [-0.15, -0.1) is 11.8 Å². The maximum Gasteiger partial charge on any atom is 0.119 e. The Hall–Kier alpha value is -2.47. The van der Waals surface area contributed by atoms with E-state index in [9.17, 15) is 0 Å². The lowest BCUT2D eigenvalue weighted by Crippen LogP contribution is -2.27. The first kappa shape index (κ1) is 27.6. The third-order valence-corrected chi connectivity index (χ3v) is 7.37. The van der Waals surface area contributed by atoms with Crippen molar-refractivity contribution in [1.82, 2.24) is 0 Å². The maximum atomic E-state index is 6.17. The molecule has 3 aromatic rings. The van der Waals surface area contributed by atoms with E-state index in [1.54, 1.807) is 0 Å². The fraction of sp³-hybridized carbons (Fsp3) is 0.438. The molecule has 0 bridgehead atoms. The second-order valence-electron chi connectivity index (χ2n) is 10.2. The number of thioether (sulfide) groups is 1. The predicted octanol–water partition coefficient (Wildman–Crippen LogP) is 7.34. The van der Waals surface area contributed by atoms with Crippen LogP contribution in [0.1, 0.15) is 50.3 Å². The van der Waals surface area contributed by atoms with Crippen molar-refractivity contribution in [1.29, 1.82) is 0 Å². The first-order valence-corrected chi connectivity index (χ1v) is 14.4. The van der Waals surface area contributed by atoms with Crippen molar-refractivity contribution in [3.8, 4) is 11.5 Å². The zero-order valence-electron chi connectivity index (χ0n) is 22.5. The van der Waals surface area contributed by atoms with Gasteiger partial charge in [0.2, 0.25) is 0 Å². The van der Waals surface area contributed by atoms with Crippen LogP contribution in [0.25, 0.3) is 0 Å². The van der Waals surface area contributed by atoms with Crippen LogP contribution < -0.4 is 9.47 Å². The van der Waals surface area contributed by atoms with Crippen molar-refractivity contribution >= 4 is 11.8 Å². The normalized spacial score (nSPS) is 15.7. The minimum Gasteiger partial charge on any atom is -0.491 e. The van der Waals surface area contributed by atoms with E-state index in [4.69, 9.17) is 18.9 Å². The molecule has 0 spiro atoms. The van der Waals surface area contributed by atoms with Crippen molar-refractivity contribution in [2.24, 2.45) is 0 Å². The highest BCUT2D eigenvalue weighted by Gasteiger charge is 2.23. The molecule has 3 aromatic carbocycles. The molecule has 0 aliphatic carbocycles. The number of rotatable bonds is 15. The van der Waals surface area contributed by atoms with Crippen LogP contribution in [0.15, 0.2) is 77.7 Å². The van der Waals surface area contributed by atoms with Gasteiger partial charge in [-0.05, 0) is 85.7 Å². The Balaban J connectivity index is 1.25. The molecule has 2 unspecified atom stereocenters. The highest BCUT2D eigenvalue weighted by Crippen LogP contribution is 2.24. The van der Waals surface area contributed by atoms with Gasteiger partial charge in [0.1, 0.15) is 36.9 Å². The lowest BCUT2D eigenvalue weighted by atomic mass is 10.0. The van der Waals surface area contributed by atoms with Crippen LogP contribution in [-0.4, -0.2) is 43.9 Å². The van der Waals surface area contributed by atoms with Crippen molar-refractivity contribution < 1.29 is 18.9 Å². The van der Waals surface area contributed by atoms with E-state index >= 15 is 0 Å². The Morgan fingerprint density at radius 1 is 0.838 bits per heavy atom. The second-order valence-corrected chi connectivity index (χ2v) is 11.3. The highest BCUT2D eigenvalue weighted by molar-refractivity contribution is 7.99. The van der Waals surface area contributed by atoms with Crippen LogP contribution in [0.3, 0.4) is 0 Å². The number of aryl methyl sites for hydroxylation is 2. The summed E-state index contributed by atoms with van der Waals surface area (Å²) in [6, 6.07) is 25.7. The molecular weight excluding hydrogens is 480 g/mol. The van der Waals surface area contributed by atoms with Crippen LogP contribution in [0.5, 0.6) is 11.5 Å². The lowest BCUT2D eigenvalue weighted by Gasteiger charge is -2.21. The van der Waals surface area contributed by atoms with Gasteiger partial charge < -0.3 is 18.9 Å². The zero-order valence-corrected chi connectivity index (χ0v) is 23.3. The molecule has 1 aliphatic rings. The molecule has 37 heavy (non-hydrogen) atoms. The number of benzene rings is 3. The smallest absolute Gasteiger partial charge is 0.119 e. The second kappa shape index (κ2) is 13.9. The van der Waals surface area contributed by atoms with Crippen LogP contribution in [0, 0.1) is 0 Å². The van der Waals surface area contributed by atoms with E-state index in [1.165, 1.54) is 21.6 Å². The summed E-state index contributed by atoms with van der Waals surface area (Å²) in [7, 11) is 0. The van der Waals surface area contributed by atoms with Gasteiger partial charge in [-0.2, -0.15) is 0 Å². The van der Waals surface area contributed by atoms with Gasteiger partial charge in [-0.1, -0.05) is 50.2 Å². The summed E-state index contributed by atoms with van der Waals surface area (Å²) in [5.74, 6) is 3.17. The molecule has 0 saturated carbocycles. The fourth-order valence-electron chi connectivity index (χ4n) is 4.02. The van der Waals surface area contributed by atoms with Gasteiger partial charge in [0, 0.05) is 10.6 Å². The molecule has 198 valence electrons. The maximum absolute atomic E-state index is 6.17. The van der Waals surface area contributed by atoms with E-state index < -0.39 is 0 Å². The molecule has 0 amide bonds. The Labute approximate surface area is 226 Å². The summed E-state index contributed by atoms with van der Waals surface area (Å²) in [4.78, 5) is 1.27. The van der Waals surface area contributed by atoms with Crippen LogP contribution in [-0.2, 0) is 22.3 Å². The Morgan fingerprint density at radius 3 is 2.19 bits per heavy atom. The van der Waals surface area contributed by atoms with Gasteiger partial charge in [0.05, 0.1) is 12.7 Å². The quantitative estimate of drug-likeness (QED) is 0.155. The Bertz CT molecular complexity index is 1070. The van der Waals surface area contributed by atoms with Gasteiger partial charge in [-0.25, -0.2) is 0 Å². The molecule has 1 saturated heterocycles. The van der Waals surface area contributed by atoms with E-state index in [0.29, 0.717) is 19.1 Å². The molecule has 5 heteroatoms. The third kappa shape index (κ3) is 9.73. The molecule has 2 atom stereocenters. The lowest BCUT2D eigenvalue weighted by molar-refractivity contribution is -0.00354. The average molecular weight is 521 g/mol.